The molecular weight excluding hydrogens is 258 g/mol. The summed E-state index contributed by atoms with van der Waals surface area (Å²) in [5.41, 5.74) is -0.305. The monoisotopic (exact) mass is 277 g/mol. The summed E-state index contributed by atoms with van der Waals surface area (Å²) >= 11 is 1.49. The third-order valence-corrected chi connectivity index (χ3v) is 3.90. The molecule has 1 aromatic rings. The standard InChI is InChI=1S/C13H19N5S/c1-4-13(8-6-5-7-9-13)18-11-15-10(14-2)16-12(17-11)19-3/h1H,5-9H2,2-3H3,(H2,14,15,16,17,18). The van der Waals surface area contributed by atoms with Gasteiger partial charge in [-0.3, -0.25) is 0 Å². The van der Waals surface area contributed by atoms with Gasteiger partial charge < -0.3 is 10.6 Å². The fraction of sp³-hybridized carbons (Fsp3) is 0.615. The van der Waals surface area contributed by atoms with Crippen molar-refractivity contribution in [1.29, 1.82) is 0 Å². The molecule has 102 valence electrons. The van der Waals surface area contributed by atoms with Crippen LogP contribution in [0.15, 0.2) is 5.16 Å². The van der Waals surface area contributed by atoms with Crippen molar-refractivity contribution in [2.24, 2.45) is 0 Å². The number of aromatic nitrogens is 3. The SMILES string of the molecule is C#CC1(Nc2nc(NC)nc(SC)n2)CCCCC1. The molecule has 2 N–H and O–H groups in total. The minimum Gasteiger partial charge on any atom is -0.357 e. The van der Waals surface area contributed by atoms with Gasteiger partial charge in [0.15, 0.2) is 5.16 Å². The van der Waals surface area contributed by atoms with Crippen molar-refractivity contribution in [2.45, 2.75) is 42.8 Å². The molecule has 1 fully saturated rings. The van der Waals surface area contributed by atoms with Crippen molar-refractivity contribution in [3.63, 3.8) is 0 Å². The van der Waals surface area contributed by atoms with Gasteiger partial charge in [0.1, 0.15) is 5.54 Å². The number of terminal acetylenes is 1. The van der Waals surface area contributed by atoms with Gasteiger partial charge in [0.25, 0.3) is 0 Å². The maximum absolute atomic E-state index is 5.72. The fourth-order valence-electron chi connectivity index (χ4n) is 2.29. The van der Waals surface area contributed by atoms with Crippen LogP contribution in [0.5, 0.6) is 0 Å². The van der Waals surface area contributed by atoms with Crippen LogP contribution in [0.2, 0.25) is 0 Å². The fourth-order valence-corrected chi connectivity index (χ4v) is 2.65. The average Bonchev–Trinajstić information content (AvgIpc) is 2.47. The number of thioether (sulfide) groups is 1. The molecule has 2 rings (SSSR count). The van der Waals surface area contributed by atoms with Gasteiger partial charge in [-0.25, -0.2) is 0 Å². The van der Waals surface area contributed by atoms with E-state index in [1.165, 1.54) is 18.2 Å². The summed E-state index contributed by atoms with van der Waals surface area (Å²) in [5, 5.41) is 6.97. The zero-order chi connectivity index (χ0) is 13.7. The highest BCUT2D eigenvalue weighted by molar-refractivity contribution is 7.98. The van der Waals surface area contributed by atoms with E-state index in [4.69, 9.17) is 6.42 Å². The molecule has 0 unspecified atom stereocenters. The van der Waals surface area contributed by atoms with E-state index >= 15 is 0 Å². The molecule has 0 amide bonds. The second kappa shape index (κ2) is 6.11. The molecule has 0 radical (unpaired) electrons. The smallest absolute Gasteiger partial charge is 0.229 e. The number of hydrogen-bond acceptors (Lipinski definition) is 6. The van der Waals surface area contributed by atoms with Gasteiger partial charge in [0.2, 0.25) is 11.9 Å². The lowest BCUT2D eigenvalue weighted by Gasteiger charge is -2.33. The normalized spacial score (nSPS) is 17.5. The van der Waals surface area contributed by atoms with E-state index in [0.29, 0.717) is 17.1 Å². The minimum atomic E-state index is -0.305. The van der Waals surface area contributed by atoms with E-state index in [1.807, 2.05) is 6.26 Å². The Bertz CT molecular complexity index is 454. The Balaban J connectivity index is 2.24. The topological polar surface area (TPSA) is 62.7 Å². The van der Waals surface area contributed by atoms with Crippen LogP contribution in [-0.2, 0) is 0 Å². The number of anilines is 2. The molecule has 1 heterocycles. The first-order chi connectivity index (χ1) is 9.21. The Labute approximate surface area is 118 Å². The van der Waals surface area contributed by atoms with Gasteiger partial charge in [-0.15, -0.1) is 6.42 Å². The molecule has 0 aromatic carbocycles. The zero-order valence-corrected chi connectivity index (χ0v) is 12.2. The van der Waals surface area contributed by atoms with Crippen LogP contribution in [0.1, 0.15) is 32.1 Å². The lowest BCUT2D eigenvalue weighted by molar-refractivity contribution is 0.394. The molecule has 1 aromatic heterocycles. The number of nitrogens with zero attached hydrogens (tertiary/aromatic N) is 3. The molecule has 0 saturated heterocycles. The molecule has 19 heavy (non-hydrogen) atoms. The molecule has 0 spiro atoms. The summed E-state index contributed by atoms with van der Waals surface area (Å²) < 4.78 is 0. The van der Waals surface area contributed by atoms with Gasteiger partial charge in [-0.2, -0.15) is 15.0 Å². The van der Waals surface area contributed by atoms with Crippen LogP contribution in [0.4, 0.5) is 11.9 Å². The minimum absolute atomic E-state index is 0.305. The Morgan fingerprint density at radius 3 is 2.42 bits per heavy atom. The van der Waals surface area contributed by atoms with E-state index in [1.54, 1.807) is 7.05 Å². The lowest BCUT2D eigenvalue weighted by Crippen LogP contribution is -2.39. The number of hydrogen-bond donors (Lipinski definition) is 2. The summed E-state index contributed by atoms with van der Waals surface area (Å²) in [7, 11) is 1.79. The molecule has 1 aliphatic carbocycles. The van der Waals surface area contributed by atoms with Crippen LogP contribution in [0.3, 0.4) is 0 Å². The quantitative estimate of drug-likeness (QED) is 0.651. The molecular formula is C13H19N5S. The van der Waals surface area contributed by atoms with Crippen LogP contribution in [-0.4, -0.2) is 33.8 Å². The third-order valence-electron chi connectivity index (χ3n) is 3.36. The van der Waals surface area contributed by atoms with Crippen molar-refractivity contribution in [1.82, 2.24) is 15.0 Å². The summed E-state index contributed by atoms with van der Waals surface area (Å²) in [5.74, 6) is 4.02. The maximum Gasteiger partial charge on any atom is 0.229 e. The van der Waals surface area contributed by atoms with Crippen molar-refractivity contribution in [3.05, 3.63) is 0 Å². The predicted octanol–water partition coefficient (Wildman–Crippen LogP) is 2.38. The highest BCUT2D eigenvalue weighted by atomic mass is 32.2. The first-order valence-electron chi connectivity index (χ1n) is 6.45. The number of rotatable bonds is 4. The van der Waals surface area contributed by atoms with E-state index in [-0.39, 0.29) is 5.54 Å². The molecule has 6 heteroatoms. The van der Waals surface area contributed by atoms with Crippen LogP contribution in [0, 0.1) is 12.3 Å². The molecule has 1 aliphatic rings. The van der Waals surface area contributed by atoms with Crippen molar-refractivity contribution >= 4 is 23.7 Å². The Kier molecular flexibility index (Phi) is 4.48. The summed E-state index contributed by atoms with van der Waals surface area (Å²) in [6.45, 7) is 0. The van der Waals surface area contributed by atoms with E-state index in [9.17, 15) is 0 Å². The predicted molar refractivity (Wildman–Crippen MR) is 79.4 cm³/mol. The van der Waals surface area contributed by atoms with Gasteiger partial charge in [-0.1, -0.05) is 36.9 Å². The zero-order valence-electron chi connectivity index (χ0n) is 11.4. The van der Waals surface area contributed by atoms with Crippen molar-refractivity contribution in [3.8, 4) is 12.3 Å². The summed E-state index contributed by atoms with van der Waals surface area (Å²) in [6, 6.07) is 0. The first-order valence-corrected chi connectivity index (χ1v) is 7.67. The van der Waals surface area contributed by atoms with Crippen molar-refractivity contribution < 1.29 is 0 Å². The van der Waals surface area contributed by atoms with Gasteiger partial charge in [0, 0.05) is 7.05 Å². The van der Waals surface area contributed by atoms with Crippen LogP contribution < -0.4 is 10.6 Å². The Morgan fingerprint density at radius 2 is 1.84 bits per heavy atom. The van der Waals surface area contributed by atoms with E-state index < -0.39 is 0 Å². The summed E-state index contributed by atoms with van der Waals surface area (Å²) in [6.07, 6.45) is 13.2. The second-order valence-corrected chi connectivity index (χ2v) is 5.40. The molecule has 0 bridgehead atoms. The average molecular weight is 277 g/mol. The van der Waals surface area contributed by atoms with Gasteiger partial charge in [-0.05, 0) is 19.1 Å². The highest BCUT2D eigenvalue weighted by Gasteiger charge is 2.30. The lowest BCUT2D eigenvalue weighted by atomic mass is 9.82. The molecule has 5 nitrogen and oxygen atoms in total. The maximum atomic E-state index is 5.72. The van der Waals surface area contributed by atoms with Crippen molar-refractivity contribution in [2.75, 3.05) is 23.9 Å². The Morgan fingerprint density at radius 1 is 1.16 bits per heavy atom. The largest absolute Gasteiger partial charge is 0.357 e. The van der Waals surface area contributed by atoms with Crippen LogP contribution >= 0.6 is 11.8 Å². The molecule has 0 atom stereocenters. The molecule has 1 saturated carbocycles. The second-order valence-electron chi connectivity index (χ2n) is 4.63. The van der Waals surface area contributed by atoms with Gasteiger partial charge >= 0.3 is 0 Å². The van der Waals surface area contributed by atoms with Gasteiger partial charge in [0.05, 0.1) is 0 Å². The molecule has 0 aliphatic heterocycles. The van der Waals surface area contributed by atoms with Crippen LogP contribution in [0.25, 0.3) is 0 Å². The number of nitrogens with one attached hydrogen (secondary N) is 2. The van der Waals surface area contributed by atoms with E-state index in [2.05, 4.69) is 31.5 Å². The Hall–Kier alpha value is -1.48. The third kappa shape index (κ3) is 3.29. The first kappa shape index (κ1) is 13.9. The highest BCUT2D eigenvalue weighted by Crippen LogP contribution is 2.30. The van der Waals surface area contributed by atoms with E-state index in [0.717, 1.165) is 25.7 Å². The summed E-state index contributed by atoms with van der Waals surface area (Å²) in [4.78, 5) is 13.0.